The van der Waals surface area contributed by atoms with Crippen molar-refractivity contribution in [2.24, 2.45) is 0 Å². The molecule has 0 N–H and O–H groups in total. The fourth-order valence-corrected chi connectivity index (χ4v) is 3.00. The lowest BCUT2D eigenvalue weighted by Crippen LogP contribution is -2.14. The average Bonchev–Trinajstić information content (AvgIpc) is 2.69. The summed E-state index contributed by atoms with van der Waals surface area (Å²) in [5.74, 6) is 0. The molecule has 0 saturated carbocycles. The molecule has 0 radical (unpaired) electrons. The minimum atomic E-state index is 0.991. The van der Waals surface area contributed by atoms with Crippen molar-refractivity contribution in [3.05, 3.63) is 89.8 Å². The second kappa shape index (κ2) is 7.96. The van der Waals surface area contributed by atoms with E-state index < -0.39 is 0 Å². The van der Waals surface area contributed by atoms with Crippen LogP contribution in [-0.2, 0) is 0 Å². The fourth-order valence-electron chi connectivity index (χ4n) is 3.00. The predicted molar refractivity (Wildman–Crippen MR) is 111 cm³/mol. The van der Waals surface area contributed by atoms with Gasteiger partial charge in [-0.25, -0.2) is 4.58 Å². The van der Waals surface area contributed by atoms with Gasteiger partial charge in [0.25, 0.3) is 0 Å². The van der Waals surface area contributed by atoms with Crippen LogP contribution in [0, 0.1) is 0 Å². The molecular weight excluding hydrogens is 318 g/mol. The molecule has 1 aliphatic carbocycles. The summed E-state index contributed by atoms with van der Waals surface area (Å²) in [5, 5.41) is 0. The third kappa shape index (κ3) is 3.83. The van der Waals surface area contributed by atoms with Crippen LogP contribution in [0.15, 0.2) is 78.7 Å². The van der Waals surface area contributed by atoms with E-state index in [0.29, 0.717) is 0 Å². The van der Waals surface area contributed by atoms with Crippen LogP contribution in [0.5, 0.6) is 0 Å². The van der Waals surface area contributed by atoms with Crippen molar-refractivity contribution in [3.63, 3.8) is 0 Å². The van der Waals surface area contributed by atoms with E-state index in [0.717, 1.165) is 12.1 Å². The molecule has 0 fully saturated rings. The van der Waals surface area contributed by atoms with Crippen LogP contribution < -0.4 is 4.90 Å². The monoisotopic (exact) mass is 344 g/mol. The first-order valence-electron chi connectivity index (χ1n) is 8.97. The van der Waals surface area contributed by atoms with E-state index >= 15 is 0 Å². The first kappa shape index (κ1) is 17.9. The van der Waals surface area contributed by atoms with Crippen LogP contribution in [0.25, 0.3) is 5.57 Å². The quantitative estimate of drug-likeness (QED) is 0.775. The van der Waals surface area contributed by atoms with Crippen molar-refractivity contribution >= 4 is 17.0 Å². The maximum absolute atomic E-state index is 4.32. The number of pyridine rings is 1. The highest BCUT2D eigenvalue weighted by Gasteiger charge is 2.13. The highest BCUT2D eigenvalue weighted by Crippen LogP contribution is 2.30. The molecule has 0 bridgehead atoms. The van der Waals surface area contributed by atoms with Crippen molar-refractivity contribution in [1.82, 2.24) is 4.98 Å². The topological polar surface area (TPSA) is 19.1 Å². The van der Waals surface area contributed by atoms with Gasteiger partial charge in [-0.2, -0.15) is 0 Å². The summed E-state index contributed by atoms with van der Waals surface area (Å²) in [6.07, 6.45) is 12.5. The molecule has 0 saturated heterocycles. The summed E-state index contributed by atoms with van der Waals surface area (Å²) in [7, 11) is 6.23. The van der Waals surface area contributed by atoms with E-state index in [9.17, 15) is 0 Å². The molecule has 0 atom stereocenters. The smallest absolute Gasteiger partial charge is 0.199 e. The Kier molecular flexibility index (Phi) is 5.47. The first-order valence-corrected chi connectivity index (χ1v) is 8.97. The molecule has 0 unspecified atom stereocenters. The maximum Gasteiger partial charge on any atom is 0.199 e. The Labute approximate surface area is 156 Å². The van der Waals surface area contributed by atoms with Gasteiger partial charge >= 0.3 is 0 Å². The molecule has 0 aliphatic heterocycles. The molecule has 2 aromatic rings. The second-order valence-corrected chi connectivity index (χ2v) is 6.62. The summed E-state index contributed by atoms with van der Waals surface area (Å²) in [6.45, 7) is 3.15. The largest absolute Gasteiger partial charge is 0.378 e. The lowest BCUT2D eigenvalue weighted by molar-refractivity contribution is -0.491. The summed E-state index contributed by atoms with van der Waals surface area (Å²) < 4.78 is 2.24. The van der Waals surface area contributed by atoms with E-state index in [-0.39, 0.29) is 0 Å². The summed E-state index contributed by atoms with van der Waals surface area (Å²) in [4.78, 5) is 6.44. The molecule has 1 heterocycles. The van der Waals surface area contributed by atoms with Gasteiger partial charge in [-0.3, -0.25) is 4.98 Å². The number of benzene rings is 1. The molecule has 132 valence electrons. The Morgan fingerprint density at radius 2 is 1.65 bits per heavy atom. The number of hydrogen-bond acceptors (Lipinski definition) is 2. The van der Waals surface area contributed by atoms with E-state index in [1.807, 2.05) is 18.5 Å². The highest BCUT2D eigenvalue weighted by atomic mass is 15.1. The summed E-state index contributed by atoms with van der Waals surface area (Å²) in [5.41, 5.74) is 7.14. The Hall–Kier alpha value is -2.94. The van der Waals surface area contributed by atoms with Crippen molar-refractivity contribution < 1.29 is 4.58 Å². The van der Waals surface area contributed by atoms with Crippen LogP contribution in [0.1, 0.15) is 18.1 Å². The Balaban J connectivity index is 2.10. The van der Waals surface area contributed by atoms with Crippen molar-refractivity contribution in [1.29, 1.82) is 0 Å². The van der Waals surface area contributed by atoms with Gasteiger partial charge in [-0.1, -0.05) is 18.2 Å². The molecule has 3 rings (SSSR count). The minimum Gasteiger partial charge on any atom is -0.378 e. The Morgan fingerprint density at radius 1 is 0.962 bits per heavy atom. The molecule has 3 heteroatoms. The summed E-state index contributed by atoms with van der Waals surface area (Å²) in [6, 6.07) is 12.8. The Bertz CT molecular complexity index is 865. The molecule has 26 heavy (non-hydrogen) atoms. The lowest BCUT2D eigenvalue weighted by atomic mass is 9.91. The van der Waals surface area contributed by atoms with Crippen molar-refractivity contribution in [2.45, 2.75) is 6.92 Å². The van der Waals surface area contributed by atoms with E-state index in [1.165, 1.54) is 28.1 Å². The third-order valence-corrected chi connectivity index (χ3v) is 4.69. The molecule has 1 aliphatic rings. The van der Waals surface area contributed by atoms with Gasteiger partial charge in [0.15, 0.2) is 5.71 Å². The number of anilines is 1. The minimum absolute atomic E-state index is 0.991. The SMILES string of the molecule is CC[N+](C)=C1C=CC(=C(c2ccc(N(C)C)cc2)c2cccnc2)C=C1. The maximum atomic E-state index is 4.32. The predicted octanol–water partition coefficient (Wildman–Crippen LogP) is 4.18. The standard InChI is InChI=1S/C23H26N3/c1-5-26(4)22-14-10-19(11-15-22)23(20-7-6-16-24-17-20)18-8-12-21(13-9-18)25(2)3/h6-17H,5H2,1-4H3/q+1. The zero-order valence-electron chi connectivity index (χ0n) is 16.0. The second-order valence-electron chi connectivity index (χ2n) is 6.62. The van der Waals surface area contributed by atoms with Gasteiger partial charge in [0.1, 0.15) is 13.6 Å². The van der Waals surface area contributed by atoms with Crippen LogP contribution in [-0.4, -0.2) is 43.0 Å². The number of allylic oxidation sites excluding steroid dienone is 5. The van der Waals surface area contributed by atoms with E-state index in [4.69, 9.17) is 0 Å². The normalized spacial score (nSPS) is 13.1. The number of aromatic nitrogens is 1. The average molecular weight is 344 g/mol. The van der Waals surface area contributed by atoms with Crippen LogP contribution >= 0.6 is 0 Å². The molecule has 3 nitrogen and oxygen atoms in total. The van der Waals surface area contributed by atoms with Crippen molar-refractivity contribution in [3.8, 4) is 0 Å². The molecular formula is C23H26N3+. The van der Waals surface area contributed by atoms with E-state index in [1.54, 1.807) is 0 Å². The van der Waals surface area contributed by atoms with Gasteiger partial charge in [-0.15, -0.1) is 0 Å². The van der Waals surface area contributed by atoms with E-state index in [2.05, 4.69) is 97.2 Å². The first-order chi connectivity index (χ1) is 12.6. The van der Waals surface area contributed by atoms with Gasteiger partial charge in [0, 0.05) is 49.9 Å². The number of hydrogen-bond donors (Lipinski definition) is 0. The van der Waals surface area contributed by atoms with Gasteiger partial charge in [0.05, 0.1) is 0 Å². The van der Waals surface area contributed by atoms with Crippen LogP contribution in [0.4, 0.5) is 5.69 Å². The molecule has 0 spiro atoms. The van der Waals surface area contributed by atoms with Crippen molar-refractivity contribution in [2.75, 3.05) is 32.6 Å². The van der Waals surface area contributed by atoms with Gasteiger partial charge < -0.3 is 4.90 Å². The Morgan fingerprint density at radius 3 is 2.19 bits per heavy atom. The molecule has 0 amide bonds. The number of nitrogens with zero attached hydrogens (tertiary/aromatic N) is 3. The number of rotatable bonds is 4. The molecule has 1 aromatic heterocycles. The van der Waals surface area contributed by atoms with Crippen LogP contribution in [0.3, 0.4) is 0 Å². The van der Waals surface area contributed by atoms with Gasteiger partial charge in [0.2, 0.25) is 0 Å². The lowest BCUT2D eigenvalue weighted by Gasteiger charge is -2.16. The molecule has 1 aromatic carbocycles. The highest BCUT2D eigenvalue weighted by molar-refractivity contribution is 6.03. The zero-order chi connectivity index (χ0) is 18.5. The third-order valence-electron chi connectivity index (χ3n) is 4.69. The zero-order valence-corrected chi connectivity index (χ0v) is 16.0. The van der Waals surface area contributed by atoms with Crippen LogP contribution in [0.2, 0.25) is 0 Å². The summed E-state index contributed by atoms with van der Waals surface area (Å²) >= 11 is 0. The fraction of sp³-hybridized carbons (Fsp3) is 0.217. The van der Waals surface area contributed by atoms with Gasteiger partial charge in [-0.05, 0) is 54.0 Å².